The molecule has 0 bridgehead atoms. The Kier molecular flexibility index (Phi) is 4.96. The molecule has 9 nitrogen and oxygen atoms in total. The van der Waals surface area contributed by atoms with Crippen molar-refractivity contribution in [2.75, 3.05) is 23.7 Å². The van der Waals surface area contributed by atoms with E-state index in [9.17, 15) is 4.79 Å². The molecular weight excluding hydrogens is 356 g/mol. The van der Waals surface area contributed by atoms with E-state index in [1.165, 1.54) is 6.08 Å². The van der Waals surface area contributed by atoms with Gasteiger partial charge in [0.2, 0.25) is 11.9 Å². The quantitative estimate of drug-likeness (QED) is 0.568. The van der Waals surface area contributed by atoms with Crippen LogP contribution in [0.1, 0.15) is 19.8 Å². The first-order chi connectivity index (χ1) is 13.7. The van der Waals surface area contributed by atoms with Crippen LogP contribution >= 0.6 is 0 Å². The van der Waals surface area contributed by atoms with Crippen molar-refractivity contribution in [2.24, 2.45) is 0 Å². The number of carbonyl (C=O) groups is 1. The number of nitrogens with one attached hydrogen (secondary N) is 3. The number of fused-ring (bicyclic) bond motifs is 1. The largest absolute Gasteiger partial charge is 0.365 e. The van der Waals surface area contributed by atoms with E-state index in [1.807, 2.05) is 35.0 Å². The molecule has 1 unspecified atom stereocenters. The fourth-order valence-electron chi connectivity index (χ4n) is 3.45. The van der Waals surface area contributed by atoms with Crippen molar-refractivity contribution in [1.82, 2.24) is 29.6 Å². The van der Waals surface area contributed by atoms with Gasteiger partial charge < -0.3 is 20.5 Å². The predicted octanol–water partition coefficient (Wildman–Crippen LogP) is 2.51. The molecule has 28 heavy (non-hydrogen) atoms. The Hall–Kier alpha value is -3.36. The molecule has 3 aromatic heterocycles. The predicted molar refractivity (Wildman–Crippen MR) is 108 cm³/mol. The number of likely N-dealkylation sites (tertiary alicyclic amines) is 1. The summed E-state index contributed by atoms with van der Waals surface area (Å²) >= 11 is 0. The molecule has 0 spiro atoms. The molecule has 4 heterocycles. The minimum atomic E-state index is -0.0312. The molecule has 0 aromatic carbocycles. The number of hydrogen-bond acceptors (Lipinski definition) is 6. The molecule has 1 fully saturated rings. The van der Waals surface area contributed by atoms with E-state index in [-0.39, 0.29) is 11.9 Å². The molecule has 1 amide bonds. The van der Waals surface area contributed by atoms with Gasteiger partial charge in [-0.05, 0) is 31.9 Å². The minimum Gasteiger partial charge on any atom is -0.365 e. The highest BCUT2D eigenvalue weighted by Gasteiger charge is 2.23. The van der Waals surface area contributed by atoms with E-state index in [0.29, 0.717) is 12.5 Å². The van der Waals surface area contributed by atoms with E-state index in [1.54, 1.807) is 6.20 Å². The highest BCUT2D eigenvalue weighted by Crippen LogP contribution is 2.25. The van der Waals surface area contributed by atoms with E-state index in [4.69, 9.17) is 0 Å². The van der Waals surface area contributed by atoms with Gasteiger partial charge in [-0.15, -0.1) is 0 Å². The highest BCUT2D eigenvalue weighted by molar-refractivity contribution is 5.89. The summed E-state index contributed by atoms with van der Waals surface area (Å²) in [4.78, 5) is 26.1. The molecule has 0 radical (unpaired) electrons. The van der Waals surface area contributed by atoms with Gasteiger partial charge in [-0.1, -0.05) is 6.58 Å². The molecule has 1 saturated heterocycles. The van der Waals surface area contributed by atoms with Crippen LogP contribution in [-0.2, 0) is 11.3 Å². The van der Waals surface area contributed by atoms with Gasteiger partial charge in [-0.2, -0.15) is 15.1 Å². The first-order valence-electron chi connectivity index (χ1n) is 9.48. The van der Waals surface area contributed by atoms with Crippen LogP contribution < -0.4 is 10.6 Å². The van der Waals surface area contributed by atoms with Crippen molar-refractivity contribution in [3.63, 3.8) is 0 Å². The summed E-state index contributed by atoms with van der Waals surface area (Å²) in [7, 11) is 0. The lowest BCUT2D eigenvalue weighted by atomic mass is 10.1. The lowest BCUT2D eigenvalue weighted by molar-refractivity contribution is -0.127. The monoisotopic (exact) mass is 380 g/mol. The summed E-state index contributed by atoms with van der Waals surface area (Å²) in [6.45, 7) is 7.81. The number of hydrogen-bond donors (Lipinski definition) is 3. The number of piperidine rings is 1. The molecule has 1 aliphatic heterocycles. The number of anilines is 3. The number of H-pyrrole nitrogens is 1. The molecule has 0 aliphatic carbocycles. The van der Waals surface area contributed by atoms with Gasteiger partial charge in [0.05, 0.1) is 17.3 Å². The molecule has 3 aromatic rings. The number of aromatic nitrogens is 5. The van der Waals surface area contributed by atoms with Crippen LogP contribution in [0.25, 0.3) is 11.0 Å². The standard InChI is InChI=1S/C19H24N8O/c1-3-16(28)26-9-5-6-13(11-26)22-18-15-7-8-20-17(15)24-19(25-18)23-14-10-21-27(4-2)12-14/h3,7-8,10,12-13H,1,4-6,9,11H2,2H3,(H3,20,22,23,24,25). The maximum absolute atomic E-state index is 12.0. The second-order valence-electron chi connectivity index (χ2n) is 6.82. The molecular formula is C19H24N8O. The average Bonchev–Trinajstić information content (AvgIpc) is 3.37. The van der Waals surface area contributed by atoms with Crippen LogP contribution in [0.3, 0.4) is 0 Å². The Morgan fingerprint density at radius 1 is 1.46 bits per heavy atom. The van der Waals surface area contributed by atoms with Crippen LogP contribution in [0.5, 0.6) is 0 Å². The van der Waals surface area contributed by atoms with Crippen LogP contribution in [0.15, 0.2) is 37.3 Å². The van der Waals surface area contributed by atoms with E-state index in [0.717, 1.165) is 48.5 Å². The minimum absolute atomic E-state index is 0.0312. The number of carbonyl (C=O) groups excluding carboxylic acids is 1. The molecule has 3 N–H and O–H groups in total. The van der Waals surface area contributed by atoms with Gasteiger partial charge >= 0.3 is 0 Å². The van der Waals surface area contributed by atoms with E-state index < -0.39 is 0 Å². The number of aromatic amines is 1. The second-order valence-corrected chi connectivity index (χ2v) is 6.82. The van der Waals surface area contributed by atoms with Crippen molar-refractivity contribution < 1.29 is 4.79 Å². The average molecular weight is 380 g/mol. The van der Waals surface area contributed by atoms with E-state index >= 15 is 0 Å². The topological polar surface area (TPSA) is 104 Å². The Bertz CT molecular complexity index is 991. The van der Waals surface area contributed by atoms with Crippen molar-refractivity contribution in [3.05, 3.63) is 37.3 Å². The zero-order valence-electron chi connectivity index (χ0n) is 15.9. The SMILES string of the molecule is C=CC(=O)N1CCCC(Nc2nc(Nc3cnn(CC)c3)nc3[nH]ccc23)C1. The fraction of sp³-hybridized carbons (Fsp3) is 0.368. The lowest BCUT2D eigenvalue weighted by Gasteiger charge is -2.33. The fourth-order valence-corrected chi connectivity index (χ4v) is 3.45. The smallest absolute Gasteiger partial charge is 0.246 e. The van der Waals surface area contributed by atoms with Gasteiger partial charge in [0, 0.05) is 38.1 Å². The molecule has 4 rings (SSSR count). The summed E-state index contributed by atoms with van der Waals surface area (Å²) in [5, 5.41) is 11.9. The van der Waals surface area contributed by atoms with Gasteiger partial charge in [-0.3, -0.25) is 9.48 Å². The van der Waals surface area contributed by atoms with Crippen molar-refractivity contribution in [2.45, 2.75) is 32.4 Å². The summed E-state index contributed by atoms with van der Waals surface area (Å²) in [6, 6.07) is 2.08. The summed E-state index contributed by atoms with van der Waals surface area (Å²) in [5.41, 5.74) is 1.58. The van der Waals surface area contributed by atoms with Crippen LogP contribution in [0.4, 0.5) is 17.5 Å². The number of amides is 1. The lowest BCUT2D eigenvalue weighted by Crippen LogP contribution is -2.44. The maximum Gasteiger partial charge on any atom is 0.246 e. The second kappa shape index (κ2) is 7.71. The Morgan fingerprint density at radius 2 is 2.36 bits per heavy atom. The molecule has 146 valence electrons. The Labute approximate surface area is 162 Å². The van der Waals surface area contributed by atoms with Crippen LogP contribution in [0, 0.1) is 0 Å². The van der Waals surface area contributed by atoms with E-state index in [2.05, 4.69) is 37.3 Å². The molecule has 1 atom stereocenters. The third-order valence-electron chi connectivity index (χ3n) is 4.88. The molecule has 9 heteroatoms. The first kappa shape index (κ1) is 18.0. The third kappa shape index (κ3) is 3.68. The Morgan fingerprint density at radius 3 is 3.14 bits per heavy atom. The van der Waals surface area contributed by atoms with Gasteiger partial charge in [0.25, 0.3) is 0 Å². The number of aryl methyl sites for hydroxylation is 1. The zero-order chi connectivity index (χ0) is 19.5. The van der Waals surface area contributed by atoms with Crippen molar-refractivity contribution >= 4 is 34.4 Å². The maximum atomic E-state index is 12.0. The van der Waals surface area contributed by atoms with Crippen molar-refractivity contribution in [3.8, 4) is 0 Å². The third-order valence-corrected chi connectivity index (χ3v) is 4.88. The highest BCUT2D eigenvalue weighted by atomic mass is 16.2. The van der Waals surface area contributed by atoms with Crippen LogP contribution in [0.2, 0.25) is 0 Å². The number of rotatable bonds is 6. The summed E-state index contributed by atoms with van der Waals surface area (Å²) < 4.78 is 1.84. The molecule has 0 saturated carbocycles. The normalized spacial score (nSPS) is 16.9. The first-order valence-corrected chi connectivity index (χ1v) is 9.48. The van der Waals surface area contributed by atoms with Gasteiger partial charge in [-0.25, -0.2) is 0 Å². The van der Waals surface area contributed by atoms with Gasteiger partial charge in [0.1, 0.15) is 11.5 Å². The summed E-state index contributed by atoms with van der Waals surface area (Å²) in [5.74, 6) is 1.20. The number of nitrogens with zero attached hydrogens (tertiary/aromatic N) is 5. The van der Waals surface area contributed by atoms with Gasteiger partial charge in [0.15, 0.2) is 0 Å². The summed E-state index contributed by atoms with van der Waals surface area (Å²) in [6.07, 6.45) is 8.80. The van der Waals surface area contributed by atoms with Crippen molar-refractivity contribution in [1.29, 1.82) is 0 Å². The van der Waals surface area contributed by atoms with Crippen LogP contribution in [-0.4, -0.2) is 54.7 Å². The zero-order valence-corrected chi connectivity index (χ0v) is 15.9. The molecule has 1 aliphatic rings. The Balaban J connectivity index is 1.56.